The summed E-state index contributed by atoms with van der Waals surface area (Å²) in [6.07, 6.45) is 0.100. The second kappa shape index (κ2) is 5.63. The molecule has 1 heterocycles. The third-order valence-corrected chi connectivity index (χ3v) is 4.55. The van der Waals surface area contributed by atoms with Crippen LogP contribution in [-0.2, 0) is 21.2 Å². The molecule has 1 aromatic rings. The van der Waals surface area contributed by atoms with Gasteiger partial charge < -0.3 is 14.9 Å². The number of fused-ring (bicyclic) bond motifs is 1. The highest BCUT2D eigenvalue weighted by Gasteiger charge is 2.27. The lowest BCUT2D eigenvalue weighted by atomic mass is 10.0. The molecule has 0 aromatic heterocycles. The summed E-state index contributed by atoms with van der Waals surface area (Å²) < 4.78 is 31.8. The van der Waals surface area contributed by atoms with E-state index in [4.69, 9.17) is 9.84 Å². The zero-order valence-electron chi connectivity index (χ0n) is 11.5. The maximum atomic E-state index is 12.2. The second-order valence-electron chi connectivity index (χ2n) is 5.26. The molecule has 0 amide bonds. The van der Waals surface area contributed by atoms with Crippen molar-refractivity contribution in [2.75, 3.05) is 13.2 Å². The van der Waals surface area contributed by atoms with E-state index in [2.05, 4.69) is 4.72 Å². The molecule has 0 bridgehead atoms. The topological polar surface area (TPSA) is 113 Å². The van der Waals surface area contributed by atoms with Crippen LogP contribution in [0.4, 0.5) is 0 Å². The first-order valence-corrected chi connectivity index (χ1v) is 7.87. The predicted molar refractivity (Wildman–Crippen MR) is 73.7 cm³/mol. The summed E-state index contributed by atoms with van der Waals surface area (Å²) in [6, 6.07) is 4.53. The van der Waals surface area contributed by atoms with Crippen LogP contribution in [0.25, 0.3) is 0 Å². The van der Waals surface area contributed by atoms with Gasteiger partial charge in [-0.3, -0.25) is 4.79 Å². The molecule has 0 radical (unpaired) electrons. The zero-order chi connectivity index (χ0) is 15.7. The normalized spacial score (nSPS) is 16.9. The molecule has 0 aliphatic carbocycles. The molecule has 1 aliphatic heterocycles. The van der Waals surface area contributed by atoms with E-state index >= 15 is 0 Å². The third kappa shape index (κ3) is 3.93. The summed E-state index contributed by atoms with van der Waals surface area (Å²) in [6.45, 7) is 1.41. The Labute approximate surface area is 122 Å². The fourth-order valence-electron chi connectivity index (χ4n) is 2.05. The number of aliphatic hydroxyl groups is 1. The Morgan fingerprint density at radius 3 is 2.86 bits per heavy atom. The summed E-state index contributed by atoms with van der Waals surface area (Å²) >= 11 is 0. The minimum atomic E-state index is -3.81. The number of sulfonamides is 1. The monoisotopic (exact) mass is 315 g/mol. The van der Waals surface area contributed by atoms with Crippen molar-refractivity contribution in [2.45, 2.75) is 30.3 Å². The summed E-state index contributed by atoms with van der Waals surface area (Å²) in [5, 5.41) is 18.5. The Bertz CT molecular complexity index is 653. The van der Waals surface area contributed by atoms with Crippen LogP contribution in [0.5, 0.6) is 5.75 Å². The van der Waals surface area contributed by atoms with Crippen LogP contribution in [0, 0.1) is 0 Å². The van der Waals surface area contributed by atoms with Gasteiger partial charge in [-0.15, -0.1) is 0 Å². The number of hydrogen-bond acceptors (Lipinski definition) is 5. The smallest absolute Gasteiger partial charge is 0.306 e. The molecule has 1 aromatic carbocycles. The van der Waals surface area contributed by atoms with Crippen molar-refractivity contribution in [1.82, 2.24) is 4.72 Å². The van der Waals surface area contributed by atoms with E-state index in [1.165, 1.54) is 19.1 Å². The maximum Gasteiger partial charge on any atom is 0.306 e. The molecule has 116 valence electrons. The number of carbonyl (C=O) groups is 1. The Morgan fingerprint density at radius 1 is 1.48 bits per heavy atom. The van der Waals surface area contributed by atoms with Gasteiger partial charge >= 0.3 is 5.97 Å². The first-order valence-electron chi connectivity index (χ1n) is 6.39. The van der Waals surface area contributed by atoms with E-state index < -0.39 is 28.0 Å². The summed E-state index contributed by atoms with van der Waals surface area (Å²) in [4.78, 5) is 10.7. The van der Waals surface area contributed by atoms with Gasteiger partial charge in [0.05, 0.1) is 23.5 Å². The van der Waals surface area contributed by atoms with Gasteiger partial charge in [0.2, 0.25) is 10.0 Å². The Hall–Kier alpha value is -1.64. The number of aliphatic carboxylic acids is 1. The van der Waals surface area contributed by atoms with Crippen LogP contribution in [0.15, 0.2) is 23.1 Å². The molecule has 0 fully saturated rings. The first-order chi connectivity index (χ1) is 9.70. The number of carboxylic acid groups (broad SMARTS) is 1. The minimum absolute atomic E-state index is 0.0675. The predicted octanol–water partition coefficient (Wildman–Crippen LogP) is 0.125. The SMILES string of the molecule is CC(O)(CNS(=O)(=O)c1ccc2c(c1)CCO2)CC(=O)O. The molecule has 21 heavy (non-hydrogen) atoms. The van der Waals surface area contributed by atoms with Gasteiger partial charge in [0.25, 0.3) is 0 Å². The van der Waals surface area contributed by atoms with E-state index in [1.807, 2.05) is 0 Å². The molecule has 0 saturated heterocycles. The molecule has 7 nitrogen and oxygen atoms in total. The van der Waals surface area contributed by atoms with Gasteiger partial charge in [0.15, 0.2) is 0 Å². The number of benzene rings is 1. The molecule has 8 heteroatoms. The number of hydrogen-bond donors (Lipinski definition) is 3. The quantitative estimate of drug-likeness (QED) is 0.687. The van der Waals surface area contributed by atoms with Crippen molar-refractivity contribution >= 4 is 16.0 Å². The van der Waals surface area contributed by atoms with E-state index in [0.717, 1.165) is 5.56 Å². The van der Waals surface area contributed by atoms with Crippen LogP contribution in [0.2, 0.25) is 0 Å². The Balaban J connectivity index is 2.10. The largest absolute Gasteiger partial charge is 0.493 e. The lowest BCUT2D eigenvalue weighted by Gasteiger charge is -2.21. The first kappa shape index (κ1) is 15.7. The molecule has 3 N–H and O–H groups in total. The van der Waals surface area contributed by atoms with Crippen LogP contribution in [0.3, 0.4) is 0 Å². The average Bonchev–Trinajstić information content (AvgIpc) is 2.82. The van der Waals surface area contributed by atoms with Gasteiger partial charge in [-0.25, -0.2) is 13.1 Å². The van der Waals surface area contributed by atoms with Gasteiger partial charge in [0, 0.05) is 13.0 Å². The van der Waals surface area contributed by atoms with E-state index in [1.54, 1.807) is 6.07 Å². The number of ether oxygens (including phenoxy) is 1. The molecule has 0 saturated carbocycles. The van der Waals surface area contributed by atoms with Crippen molar-refractivity contribution in [2.24, 2.45) is 0 Å². The van der Waals surface area contributed by atoms with E-state index in [-0.39, 0.29) is 11.4 Å². The van der Waals surface area contributed by atoms with Crippen LogP contribution in [-0.4, -0.2) is 43.4 Å². The standard InChI is InChI=1S/C13H17NO6S/c1-13(17,7-12(15)16)8-14-21(18,19)10-2-3-11-9(6-10)4-5-20-11/h2-3,6,14,17H,4-5,7-8H2,1H3,(H,15,16). The second-order valence-corrected chi connectivity index (χ2v) is 7.03. The third-order valence-electron chi connectivity index (χ3n) is 3.15. The minimum Gasteiger partial charge on any atom is -0.493 e. The van der Waals surface area contributed by atoms with Crippen LogP contribution < -0.4 is 9.46 Å². The maximum absolute atomic E-state index is 12.2. The van der Waals surface area contributed by atoms with Crippen molar-refractivity contribution in [3.8, 4) is 5.75 Å². The van der Waals surface area contributed by atoms with Crippen molar-refractivity contribution < 1.29 is 28.2 Å². The van der Waals surface area contributed by atoms with E-state index in [9.17, 15) is 18.3 Å². The van der Waals surface area contributed by atoms with E-state index in [0.29, 0.717) is 18.8 Å². The van der Waals surface area contributed by atoms with Gasteiger partial charge in [-0.05, 0) is 30.7 Å². The van der Waals surface area contributed by atoms with Gasteiger partial charge in [0.1, 0.15) is 5.75 Å². The molecular weight excluding hydrogens is 298 g/mol. The molecule has 2 rings (SSSR count). The Kier molecular flexibility index (Phi) is 4.22. The number of nitrogens with one attached hydrogen (secondary N) is 1. The average molecular weight is 315 g/mol. The molecule has 1 atom stereocenters. The molecule has 0 spiro atoms. The Morgan fingerprint density at radius 2 is 2.19 bits per heavy atom. The molecular formula is C13H17NO6S. The van der Waals surface area contributed by atoms with Crippen LogP contribution >= 0.6 is 0 Å². The fraction of sp³-hybridized carbons (Fsp3) is 0.462. The van der Waals surface area contributed by atoms with Gasteiger partial charge in [-0.2, -0.15) is 0 Å². The summed E-state index contributed by atoms with van der Waals surface area (Å²) in [5.41, 5.74) is -0.839. The fourth-order valence-corrected chi connectivity index (χ4v) is 3.26. The highest BCUT2D eigenvalue weighted by atomic mass is 32.2. The highest BCUT2D eigenvalue weighted by Crippen LogP contribution is 2.27. The van der Waals surface area contributed by atoms with Crippen molar-refractivity contribution in [3.63, 3.8) is 0 Å². The van der Waals surface area contributed by atoms with Crippen molar-refractivity contribution in [1.29, 1.82) is 0 Å². The number of rotatable bonds is 6. The number of carboxylic acids is 1. The lowest BCUT2D eigenvalue weighted by molar-refractivity contribution is -0.141. The molecule has 1 unspecified atom stereocenters. The summed E-state index contributed by atoms with van der Waals surface area (Å²) in [5.74, 6) is -0.527. The highest BCUT2D eigenvalue weighted by molar-refractivity contribution is 7.89. The zero-order valence-corrected chi connectivity index (χ0v) is 12.3. The molecule has 1 aliphatic rings. The van der Waals surface area contributed by atoms with Crippen molar-refractivity contribution in [3.05, 3.63) is 23.8 Å². The summed E-state index contributed by atoms with van der Waals surface area (Å²) in [7, 11) is -3.81. The lowest BCUT2D eigenvalue weighted by Crippen LogP contribution is -2.42. The van der Waals surface area contributed by atoms with Gasteiger partial charge in [-0.1, -0.05) is 0 Å². The van der Waals surface area contributed by atoms with Crippen LogP contribution in [0.1, 0.15) is 18.9 Å².